The number of hydrogen-bond acceptors (Lipinski definition) is 7. The molecule has 2 heterocycles. The van der Waals surface area contributed by atoms with Crippen LogP contribution >= 0.6 is 11.6 Å². The first-order valence-corrected chi connectivity index (χ1v) is 13.7. The van der Waals surface area contributed by atoms with E-state index in [0.717, 1.165) is 22.2 Å². The van der Waals surface area contributed by atoms with E-state index >= 15 is 0 Å². The van der Waals surface area contributed by atoms with Crippen molar-refractivity contribution < 1.29 is 22.6 Å². The lowest BCUT2D eigenvalue weighted by molar-refractivity contribution is 0.327. The van der Waals surface area contributed by atoms with Crippen LogP contribution in [0, 0.1) is 6.92 Å². The summed E-state index contributed by atoms with van der Waals surface area (Å²) in [5.74, 6) is 1.71. The molecule has 0 aliphatic heterocycles. The Morgan fingerprint density at radius 3 is 2.41 bits per heavy atom. The van der Waals surface area contributed by atoms with Gasteiger partial charge in [-0.3, -0.25) is 0 Å². The summed E-state index contributed by atoms with van der Waals surface area (Å²) in [5, 5.41) is 5.89. The molecule has 0 saturated carbocycles. The summed E-state index contributed by atoms with van der Waals surface area (Å²) in [6.07, 6.45) is 2.89. The predicted molar refractivity (Wildman–Crippen MR) is 144 cm³/mol. The van der Waals surface area contributed by atoms with Crippen molar-refractivity contribution in [2.45, 2.75) is 26.4 Å². The Bertz CT molecular complexity index is 1550. The third-order valence-electron chi connectivity index (χ3n) is 6.31. The van der Waals surface area contributed by atoms with E-state index in [1.165, 1.54) is 10.6 Å². The number of pyridine rings is 1. The van der Waals surface area contributed by atoms with Crippen LogP contribution in [-0.2, 0) is 16.6 Å². The molecule has 196 valence electrons. The van der Waals surface area contributed by atoms with Gasteiger partial charge in [-0.2, -0.15) is 9.40 Å². The highest BCUT2D eigenvalue weighted by Gasteiger charge is 2.27. The van der Waals surface area contributed by atoms with Crippen LogP contribution in [0.3, 0.4) is 0 Å². The van der Waals surface area contributed by atoms with Crippen molar-refractivity contribution in [2.24, 2.45) is 0 Å². The molecule has 4 aromatic rings. The van der Waals surface area contributed by atoms with E-state index < -0.39 is 16.1 Å². The molecule has 2 aromatic heterocycles. The van der Waals surface area contributed by atoms with E-state index in [0.29, 0.717) is 33.7 Å². The quantitative estimate of drug-likeness (QED) is 0.276. The topological polar surface area (TPSA) is 95.8 Å². The standard InChI is InChI=1S/C26H29ClN4O5S/c1-16-21-14-28-26(27)13-23(21)31(29-16)22-10-8-18(11-25(22)36-5)17(2)30(37(6,32)33)15-19-7-9-20(34-3)12-24(19)35-4/h7-14,17H,15H2,1-6H3. The third-order valence-corrected chi connectivity index (χ3v) is 7.81. The Morgan fingerprint density at radius 1 is 1.03 bits per heavy atom. The second-order valence-corrected chi connectivity index (χ2v) is 10.9. The molecule has 2 aromatic carbocycles. The average molecular weight is 545 g/mol. The minimum Gasteiger partial charge on any atom is -0.497 e. The molecule has 0 saturated heterocycles. The first-order valence-electron chi connectivity index (χ1n) is 11.4. The Kier molecular flexibility index (Phi) is 7.63. The molecule has 0 bridgehead atoms. The second-order valence-electron chi connectivity index (χ2n) is 8.61. The molecule has 9 nitrogen and oxygen atoms in total. The van der Waals surface area contributed by atoms with Crippen molar-refractivity contribution in [1.82, 2.24) is 19.1 Å². The molecule has 0 aliphatic rings. The number of nitrogens with zero attached hydrogens (tertiary/aromatic N) is 4. The summed E-state index contributed by atoms with van der Waals surface area (Å²) in [5.41, 5.74) is 3.76. The zero-order valence-corrected chi connectivity index (χ0v) is 23.1. The molecule has 37 heavy (non-hydrogen) atoms. The van der Waals surface area contributed by atoms with Gasteiger partial charge in [0.05, 0.1) is 38.8 Å². The number of ether oxygens (including phenoxy) is 3. The predicted octanol–water partition coefficient (Wildman–Crippen LogP) is 4.93. The summed E-state index contributed by atoms with van der Waals surface area (Å²) in [7, 11) is 1.08. The molecule has 0 N–H and O–H groups in total. The second kappa shape index (κ2) is 10.6. The summed E-state index contributed by atoms with van der Waals surface area (Å²) in [6.45, 7) is 3.85. The molecule has 0 spiro atoms. The molecule has 0 amide bonds. The van der Waals surface area contributed by atoms with Gasteiger partial charge in [-0.15, -0.1) is 0 Å². The summed E-state index contributed by atoms with van der Waals surface area (Å²) in [4.78, 5) is 4.16. The number of sulfonamides is 1. The van der Waals surface area contributed by atoms with Gasteiger partial charge in [0, 0.05) is 41.9 Å². The number of aryl methyl sites for hydroxylation is 1. The molecule has 0 aliphatic carbocycles. The lowest BCUT2D eigenvalue weighted by Gasteiger charge is -2.28. The van der Waals surface area contributed by atoms with E-state index in [4.69, 9.17) is 25.8 Å². The number of rotatable bonds is 9. The van der Waals surface area contributed by atoms with Gasteiger partial charge in [-0.25, -0.2) is 18.1 Å². The first-order chi connectivity index (χ1) is 17.6. The molecular weight excluding hydrogens is 516 g/mol. The van der Waals surface area contributed by atoms with Crippen LogP contribution in [0.25, 0.3) is 16.6 Å². The summed E-state index contributed by atoms with van der Waals surface area (Å²) in [6, 6.07) is 12.1. The highest BCUT2D eigenvalue weighted by molar-refractivity contribution is 7.88. The maximum Gasteiger partial charge on any atom is 0.212 e. The maximum atomic E-state index is 12.9. The number of benzene rings is 2. The minimum atomic E-state index is -3.60. The van der Waals surface area contributed by atoms with E-state index in [9.17, 15) is 8.42 Å². The van der Waals surface area contributed by atoms with Gasteiger partial charge in [-0.1, -0.05) is 23.7 Å². The average Bonchev–Trinajstić information content (AvgIpc) is 3.20. The third kappa shape index (κ3) is 5.36. The van der Waals surface area contributed by atoms with Crippen LogP contribution < -0.4 is 14.2 Å². The number of methoxy groups -OCH3 is 3. The van der Waals surface area contributed by atoms with Crippen molar-refractivity contribution in [3.63, 3.8) is 0 Å². The summed E-state index contributed by atoms with van der Waals surface area (Å²) < 4.78 is 45.4. The molecule has 0 fully saturated rings. The minimum absolute atomic E-state index is 0.117. The smallest absolute Gasteiger partial charge is 0.212 e. The van der Waals surface area contributed by atoms with Gasteiger partial charge < -0.3 is 14.2 Å². The van der Waals surface area contributed by atoms with Gasteiger partial charge in [-0.05, 0) is 37.6 Å². The fourth-order valence-corrected chi connectivity index (χ4v) is 5.52. The van der Waals surface area contributed by atoms with E-state index in [1.54, 1.807) is 56.5 Å². The van der Waals surface area contributed by atoms with Crippen molar-refractivity contribution in [1.29, 1.82) is 0 Å². The SMILES string of the molecule is COc1ccc(CN(C(C)c2ccc(-n3nc(C)c4cnc(Cl)cc43)c(OC)c2)S(C)(=O)=O)c(OC)c1. The Labute approximate surface area is 221 Å². The van der Waals surface area contributed by atoms with E-state index in [2.05, 4.69) is 10.1 Å². The molecular formula is C26H29ClN4O5S. The largest absolute Gasteiger partial charge is 0.497 e. The van der Waals surface area contributed by atoms with E-state index in [1.807, 2.05) is 32.0 Å². The lowest BCUT2D eigenvalue weighted by Crippen LogP contribution is -2.32. The van der Waals surface area contributed by atoms with Crippen molar-refractivity contribution in [3.05, 3.63) is 70.6 Å². The van der Waals surface area contributed by atoms with Gasteiger partial charge in [0.15, 0.2) is 0 Å². The van der Waals surface area contributed by atoms with Crippen LogP contribution in [-0.4, -0.2) is 55.1 Å². The molecule has 0 radical (unpaired) electrons. The number of hydrogen-bond donors (Lipinski definition) is 0. The molecule has 1 unspecified atom stereocenters. The van der Waals surface area contributed by atoms with Gasteiger partial charge >= 0.3 is 0 Å². The molecule has 1 atom stereocenters. The highest BCUT2D eigenvalue weighted by Crippen LogP contribution is 2.35. The van der Waals surface area contributed by atoms with Crippen LogP contribution in [0.5, 0.6) is 17.2 Å². The number of halogens is 1. The Morgan fingerprint density at radius 2 is 1.76 bits per heavy atom. The van der Waals surface area contributed by atoms with Crippen molar-refractivity contribution in [3.8, 4) is 22.9 Å². The Balaban J connectivity index is 1.74. The monoisotopic (exact) mass is 544 g/mol. The summed E-state index contributed by atoms with van der Waals surface area (Å²) >= 11 is 6.15. The number of fused-ring (bicyclic) bond motifs is 1. The van der Waals surface area contributed by atoms with E-state index in [-0.39, 0.29) is 6.54 Å². The Hall–Kier alpha value is -3.34. The lowest BCUT2D eigenvalue weighted by atomic mass is 10.1. The molecule has 11 heteroatoms. The number of aromatic nitrogens is 3. The zero-order valence-electron chi connectivity index (χ0n) is 21.5. The fraction of sp³-hybridized carbons (Fsp3) is 0.308. The van der Waals surface area contributed by atoms with Gasteiger partial charge in [0.25, 0.3) is 0 Å². The normalized spacial score (nSPS) is 12.6. The fourth-order valence-electron chi connectivity index (χ4n) is 4.30. The van der Waals surface area contributed by atoms with Crippen LogP contribution in [0.1, 0.15) is 29.8 Å². The first kappa shape index (κ1) is 26.7. The maximum absolute atomic E-state index is 12.9. The zero-order chi connectivity index (χ0) is 26.9. The van der Waals surface area contributed by atoms with Gasteiger partial charge in [0.2, 0.25) is 10.0 Å². The highest BCUT2D eigenvalue weighted by atomic mass is 35.5. The van der Waals surface area contributed by atoms with Crippen molar-refractivity contribution >= 4 is 32.5 Å². The van der Waals surface area contributed by atoms with Crippen LogP contribution in [0.15, 0.2) is 48.7 Å². The van der Waals surface area contributed by atoms with Crippen molar-refractivity contribution in [2.75, 3.05) is 27.6 Å². The van der Waals surface area contributed by atoms with Crippen LogP contribution in [0.2, 0.25) is 5.15 Å². The molecule has 4 rings (SSSR count). The van der Waals surface area contributed by atoms with Gasteiger partial charge in [0.1, 0.15) is 28.1 Å². The van der Waals surface area contributed by atoms with Crippen LogP contribution in [0.4, 0.5) is 0 Å².